The number of hydrogen-bond donors (Lipinski definition) is 0. The fourth-order valence-electron chi connectivity index (χ4n) is 3.40. The van der Waals surface area contributed by atoms with Gasteiger partial charge in [0.2, 0.25) is 0 Å². The van der Waals surface area contributed by atoms with Crippen LogP contribution in [0.15, 0.2) is 0 Å². The van der Waals surface area contributed by atoms with Gasteiger partial charge in [0.05, 0.1) is 0 Å². The molecule has 13 heavy (non-hydrogen) atoms. The van der Waals surface area contributed by atoms with Gasteiger partial charge in [0.25, 0.3) is 6.47 Å². The molecular formula is C11H18O2. The molecule has 2 nitrogen and oxygen atoms in total. The van der Waals surface area contributed by atoms with Gasteiger partial charge < -0.3 is 4.74 Å². The molecule has 0 saturated heterocycles. The van der Waals surface area contributed by atoms with Crippen molar-refractivity contribution in [1.82, 2.24) is 0 Å². The lowest BCUT2D eigenvalue weighted by Gasteiger charge is -2.37. The van der Waals surface area contributed by atoms with Crippen molar-refractivity contribution in [2.45, 2.75) is 46.1 Å². The smallest absolute Gasteiger partial charge is 0.293 e. The fraction of sp³-hybridized carbons (Fsp3) is 0.909. The Labute approximate surface area is 79.7 Å². The quantitative estimate of drug-likeness (QED) is 0.613. The van der Waals surface area contributed by atoms with Gasteiger partial charge in [-0.3, -0.25) is 4.79 Å². The summed E-state index contributed by atoms with van der Waals surface area (Å²) in [7, 11) is 0. The van der Waals surface area contributed by atoms with E-state index in [1.165, 1.54) is 12.8 Å². The van der Waals surface area contributed by atoms with E-state index in [2.05, 4.69) is 20.8 Å². The van der Waals surface area contributed by atoms with Crippen LogP contribution in [0.25, 0.3) is 0 Å². The first-order chi connectivity index (χ1) is 6.02. The zero-order chi connectivity index (χ0) is 9.69. The summed E-state index contributed by atoms with van der Waals surface area (Å²) < 4.78 is 5.19. The Morgan fingerprint density at radius 3 is 2.46 bits per heavy atom. The molecule has 0 amide bonds. The number of fused-ring (bicyclic) bond motifs is 2. The van der Waals surface area contributed by atoms with E-state index in [4.69, 9.17) is 4.74 Å². The van der Waals surface area contributed by atoms with E-state index in [1.807, 2.05) is 0 Å². The van der Waals surface area contributed by atoms with Crippen molar-refractivity contribution in [3.05, 3.63) is 0 Å². The summed E-state index contributed by atoms with van der Waals surface area (Å²) in [5.41, 5.74) is 0.569. The van der Waals surface area contributed by atoms with Crippen molar-refractivity contribution < 1.29 is 9.53 Å². The summed E-state index contributed by atoms with van der Waals surface area (Å²) in [5.74, 6) is 0.752. The van der Waals surface area contributed by atoms with E-state index in [1.54, 1.807) is 0 Å². The zero-order valence-electron chi connectivity index (χ0n) is 8.67. The monoisotopic (exact) mass is 182 g/mol. The van der Waals surface area contributed by atoms with Crippen LogP contribution in [0.4, 0.5) is 0 Å². The van der Waals surface area contributed by atoms with Crippen LogP contribution in [0.3, 0.4) is 0 Å². The van der Waals surface area contributed by atoms with Crippen molar-refractivity contribution in [3.8, 4) is 0 Å². The van der Waals surface area contributed by atoms with Crippen LogP contribution in [-0.2, 0) is 9.53 Å². The van der Waals surface area contributed by atoms with Crippen molar-refractivity contribution in [3.63, 3.8) is 0 Å². The molecule has 0 aromatic rings. The SMILES string of the molecule is CC1(C)[C@@H]2CC[C@]1(C)[C@@H](OC=O)C2. The molecule has 2 rings (SSSR count). The maximum absolute atomic E-state index is 10.4. The standard InChI is InChI=1S/C11H18O2/c1-10(2)8-4-5-11(10,3)9(6-8)13-7-12/h7-9H,4-6H2,1-3H3/t8-,9+,11-/m1/s1. The Balaban J connectivity index is 2.27. The predicted molar refractivity (Wildman–Crippen MR) is 50.2 cm³/mol. The summed E-state index contributed by atoms with van der Waals surface area (Å²) in [6.45, 7) is 7.53. The van der Waals surface area contributed by atoms with Crippen molar-refractivity contribution in [1.29, 1.82) is 0 Å². The molecule has 0 heterocycles. The number of hydrogen-bond acceptors (Lipinski definition) is 2. The number of carbonyl (C=O) groups excluding carboxylic acids is 1. The van der Waals surface area contributed by atoms with Gasteiger partial charge in [-0.1, -0.05) is 20.8 Å². The van der Waals surface area contributed by atoms with E-state index < -0.39 is 0 Å². The minimum absolute atomic E-state index is 0.166. The summed E-state index contributed by atoms with van der Waals surface area (Å²) in [4.78, 5) is 10.4. The predicted octanol–water partition coefficient (Wildman–Crippen LogP) is 2.37. The topological polar surface area (TPSA) is 26.3 Å². The second kappa shape index (κ2) is 2.49. The number of carbonyl (C=O) groups is 1. The van der Waals surface area contributed by atoms with Gasteiger partial charge in [0.15, 0.2) is 0 Å². The molecule has 0 N–H and O–H groups in total. The molecule has 74 valence electrons. The van der Waals surface area contributed by atoms with Gasteiger partial charge in [-0.05, 0) is 30.6 Å². The zero-order valence-corrected chi connectivity index (χ0v) is 8.67. The van der Waals surface area contributed by atoms with E-state index in [0.717, 1.165) is 12.3 Å². The van der Waals surface area contributed by atoms with Gasteiger partial charge in [-0.25, -0.2) is 0 Å². The van der Waals surface area contributed by atoms with E-state index in [9.17, 15) is 4.79 Å². The van der Waals surface area contributed by atoms with E-state index in [-0.39, 0.29) is 11.5 Å². The molecule has 2 heteroatoms. The van der Waals surface area contributed by atoms with Crippen LogP contribution in [-0.4, -0.2) is 12.6 Å². The number of ether oxygens (including phenoxy) is 1. The molecule has 0 radical (unpaired) electrons. The molecule has 2 fully saturated rings. The third-order valence-electron chi connectivity index (χ3n) is 4.93. The summed E-state index contributed by atoms with van der Waals surface area (Å²) >= 11 is 0. The fourth-order valence-corrected chi connectivity index (χ4v) is 3.40. The molecule has 0 spiro atoms. The second-order valence-electron chi connectivity index (χ2n) is 5.33. The Bertz CT molecular complexity index is 234. The summed E-state index contributed by atoms with van der Waals surface area (Å²) in [5, 5.41) is 0. The first-order valence-corrected chi connectivity index (χ1v) is 5.11. The molecule has 2 aliphatic carbocycles. The largest absolute Gasteiger partial charge is 0.464 e. The van der Waals surface area contributed by atoms with Crippen molar-refractivity contribution in [2.24, 2.45) is 16.7 Å². The van der Waals surface area contributed by atoms with Crippen molar-refractivity contribution >= 4 is 6.47 Å². The van der Waals surface area contributed by atoms with Crippen molar-refractivity contribution in [2.75, 3.05) is 0 Å². The summed E-state index contributed by atoms with van der Waals surface area (Å²) in [6.07, 6.45) is 3.76. The van der Waals surface area contributed by atoms with Crippen LogP contribution >= 0.6 is 0 Å². The third-order valence-corrected chi connectivity index (χ3v) is 4.93. The van der Waals surface area contributed by atoms with E-state index >= 15 is 0 Å². The number of rotatable bonds is 2. The molecule has 0 aromatic carbocycles. The summed E-state index contributed by atoms with van der Waals surface area (Å²) in [6, 6.07) is 0. The highest BCUT2D eigenvalue weighted by atomic mass is 16.5. The Morgan fingerprint density at radius 2 is 2.08 bits per heavy atom. The molecule has 2 bridgehead atoms. The van der Waals surface area contributed by atoms with Crippen LogP contribution < -0.4 is 0 Å². The minimum Gasteiger partial charge on any atom is -0.464 e. The van der Waals surface area contributed by atoms with Crippen LogP contribution in [0, 0.1) is 16.7 Å². The van der Waals surface area contributed by atoms with Crippen LogP contribution in [0.1, 0.15) is 40.0 Å². The van der Waals surface area contributed by atoms with Crippen LogP contribution in [0.2, 0.25) is 0 Å². The highest BCUT2D eigenvalue weighted by Crippen LogP contribution is 2.66. The normalized spacial score (nSPS) is 46.4. The molecule has 3 atom stereocenters. The van der Waals surface area contributed by atoms with Gasteiger partial charge in [-0.15, -0.1) is 0 Å². The molecule has 2 aliphatic rings. The van der Waals surface area contributed by atoms with Crippen LogP contribution in [0.5, 0.6) is 0 Å². The first kappa shape index (κ1) is 9.04. The van der Waals surface area contributed by atoms with Gasteiger partial charge in [0, 0.05) is 5.41 Å². The Morgan fingerprint density at radius 1 is 1.38 bits per heavy atom. The first-order valence-electron chi connectivity index (χ1n) is 5.11. The Hall–Kier alpha value is -0.530. The average molecular weight is 182 g/mol. The van der Waals surface area contributed by atoms with Gasteiger partial charge >= 0.3 is 0 Å². The van der Waals surface area contributed by atoms with E-state index in [0.29, 0.717) is 11.9 Å². The molecule has 0 aromatic heterocycles. The third kappa shape index (κ3) is 0.918. The van der Waals surface area contributed by atoms with Gasteiger partial charge in [0.1, 0.15) is 6.10 Å². The maximum Gasteiger partial charge on any atom is 0.293 e. The average Bonchev–Trinajstić information content (AvgIpc) is 2.37. The molecule has 0 aliphatic heterocycles. The lowest BCUT2D eigenvalue weighted by Crippen LogP contribution is -2.36. The second-order valence-corrected chi connectivity index (χ2v) is 5.33. The minimum atomic E-state index is 0.166. The maximum atomic E-state index is 10.4. The Kier molecular flexibility index (Phi) is 1.73. The molecule has 2 saturated carbocycles. The lowest BCUT2D eigenvalue weighted by molar-refractivity contribution is -0.141. The molecular weight excluding hydrogens is 164 g/mol. The lowest BCUT2D eigenvalue weighted by atomic mass is 9.70. The highest BCUT2D eigenvalue weighted by molar-refractivity contribution is 5.38. The molecule has 0 unspecified atom stereocenters. The highest BCUT2D eigenvalue weighted by Gasteiger charge is 2.62. The van der Waals surface area contributed by atoms with Gasteiger partial charge in [-0.2, -0.15) is 0 Å².